The molecule has 0 radical (unpaired) electrons. The van der Waals surface area contributed by atoms with Gasteiger partial charge in [0.05, 0.1) is 12.9 Å². The van der Waals surface area contributed by atoms with Crippen LogP contribution < -0.4 is 0 Å². The smallest absolute Gasteiger partial charge is 0.223 e. The van der Waals surface area contributed by atoms with Crippen LogP contribution in [0.25, 0.3) is 0 Å². The van der Waals surface area contributed by atoms with Crippen LogP contribution in [-0.4, -0.2) is 70.1 Å². The minimum Gasteiger partial charge on any atom is -0.461 e. The minimum atomic E-state index is -1.54. The zero-order chi connectivity index (χ0) is 14.7. The Hall–Kier alpha value is -1.29. The summed E-state index contributed by atoms with van der Waals surface area (Å²) in [7, 11) is 0. The Morgan fingerprint density at radius 1 is 1.25 bits per heavy atom. The van der Waals surface area contributed by atoms with E-state index in [2.05, 4.69) is 0 Å². The summed E-state index contributed by atoms with van der Waals surface area (Å²) < 4.78 is 15.0. The SMILES string of the molecule is O=C(CO[C@@H]1O[C@H](CO)[C@@H](O)[C@H](O)[C@H]1O)c1ccco1. The van der Waals surface area contributed by atoms with Crippen LogP contribution in [0.15, 0.2) is 22.8 Å². The predicted molar refractivity (Wildman–Crippen MR) is 62.8 cm³/mol. The largest absolute Gasteiger partial charge is 0.461 e. The number of rotatable bonds is 5. The molecule has 0 amide bonds. The van der Waals surface area contributed by atoms with E-state index in [0.717, 1.165) is 0 Å². The van der Waals surface area contributed by atoms with Gasteiger partial charge in [0.15, 0.2) is 12.1 Å². The van der Waals surface area contributed by atoms with Crippen molar-refractivity contribution in [3.8, 4) is 0 Å². The summed E-state index contributed by atoms with van der Waals surface area (Å²) in [5.41, 5.74) is 0. The van der Waals surface area contributed by atoms with Gasteiger partial charge in [-0.2, -0.15) is 0 Å². The third kappa shape index (κ3) is 3.06. The van der Waals surface area contributed by atoms with Crippen LogP contribution in [0.1, 0.15) is 10.6 Å². The molecule has 8 nitrogen and oxygen atoms in total. The van der Waals surface area contributed by atoms with E-state index in [1.807, 2.05) is 0 Å². The molecule has 2 rings (SSSR count). The van der Waals surface area contributed by atoms with Gasteiger partial charge in [-0.3, -0.25) is 4.79 Å². The lowest BCUT2D eigenvalue weighted by molar-refractivity contribution is -0.298. The molecule has 112 valence electrons. The molecule has 0 aromatic carbocycles. The topological polar surface area (TPSA) is 130 Å². The van der Waals surface area contributed by atoms with E-state index in [0.29, 0.717) is 0 Å². The number of carbonyl (C=O) groups is 1. The zero-order valence-corrected chi connectivity index (χ0v) is 10.5. The van der Waals surface area contributed by atoms with Crippen LogP contribution in [0.4, 0.5) is 0 Å². The summed E-state index contributed by atoms with van der Waals surface area (Å²) in [6.07, 6.45) is -5.60. The van der Waals surface area contributed by atoms with Gasteiger partial charge in [-0.15, -0.1) is 0 Å². The van der Waals surface area contributed by atoms with Crippen LogP contribution in [0.3, 0.4) is 0 Å². The molecule has 1 aromatic rings. The molecule has 0 saturated carbocycles. The Bertz CT molecular complexity index is 429. The zero-order valence-electron chi connectivity index (χ0n) is 10.5. The molecule has 1 aliphatic heterocycles. The Kier molecular flexibility index (Phi) is 4.86. The molecular formula is C12H16O8. The number of carbonyl (C=O) groups excluding carboxylic acids is 1. The highest BCUT2D eigenvalue weighted by atomic mass is 16.7. The van der Waals surface area contributed by atoms with Crippen LogP contribution >= 0.6 is 0 Å². The van der Waals surface area contributed by atoms with Crippen molar-refractivity contribution in [3.63, 3.8) is 0 Å². The molecule has 5 atom stereocenters. The molecule has 0 spiro atoms. The van der Waals surface area contributed by atoms with Crippen molar-refractivity contribution < 1.29 is 39.1 Å². The first-order valence-corrected chi connectivity index (χ1v) is 6.03. The van der Waals surface area contributed by atoms with E-state index in [-0.39, 0.29) is 5.76 Å². The summed E-state index contributed by atoms with van der Waals surface area (Å²) in [5.74, 6) is -0.374. The van der Waals surface area contributed by atoms with Crippen LogP contribution in [-0.2, 0) is 9.47 Å². The molecule has 20 heavy (non-hydrogen) atoms. The lowest BCUT2D eigenvalue weighted by Crippen LogP contribution is -2.59. The number of hydrogen-bond acceptors (Lipinski definition) is 8. The molecule has 1 aromatic heterocycles. The number of hydrogen-bond donors (Lipinski definition) is 4. The van der Waals surface area contributed by atoms with E-state index < -0.39 is 49.7 Å². The van der Waals surface area contributed by atoms with Gasteiger partial charge in [0.1, 0.15) is 31.0 Å². The van der Waals surface area contributed by atoms with Gasteiger partial charge in [-0.05, 0) is 12.1 Å². The molecule has 1 saturated heterocycles. The number of Topliss-reactive ketones (excluding diaryl/α,β-unsaturated/α-hetero) is 1. The summed E-state index contributed by atoms with van der Waals surface area (Å²) in [6.45, 7) is -0.993. The van der Waals surface area contributed by atoms with E-state index in [1.165, 1.54) is 12.3 Å². The molecule has 2 heterocycles. The third-order valence-corrected chi connectivity index (χ3v) is 3.02. The number of ketones is 1. The fraction of sp³-hybridized carbons (Fsp3) is 0.583. The van der Waals surface area contributed by atoms with E-state index in [4.69, 9.17) is 19.0 Å². The van der Waals surface area contributed by atoms with Crippen molar-refractivity contribution in [1.82, 2.24) is 0 Å². The van der Waals surface area contributed by atoms with E-state index in [1.54, 1.807) is 6.07 Å². The molecule has 0 aliphatic carbocycles. The second kappa shape index (κ2) is 6.44. The Balaban J connectivity index is 1.93. The molecule has 1 aliphatic rings. The minimum absolute atomic E-state index is 0.0922. The Morgan fingerprint density at radius 2 is 2.00 bits per heavy atom. The lowest BCUT2D eigenvalue weighted by atomic mass is 9.99. The highest BCUT2D eigenvalue weighted by molar-refractivity contribution is 5.94. The van der Waals surface area contributed by atoms with Crippen molar-refractivity contribution in [3.05, 3.63) is 24.2 Å². The van der Waals surface area contributed by atoms with Crippen molar-refractivity contribution in [2.45, 2.75) is 30.7 Å². The monoisotopic (exact) mass is 288 g/mol. The third-order valence-electron chi connectivity index (χ3n) is 3.02. The summed E-state index contributed by atoms with van der Waals surface area (Å²) >= 11 is 0. The average Bonchev–Trinajstić information content (AvgIpc) is 2.98. The summed E-state index contributed by atoms with van der Waals surface area (Å²) in [6, 6.07) is 3.00. The highest BCUT2D eigenvalue weighted by Gasteiger charge is 2.44. The Labute approximate surface area is 114 Å². The number of ether oxygens (including phenoxy) is 2. The van der Waals surface area contributed by atoms with Gasteiger partial charge >= 0.3 is 0 Å². The molecule has 0 bridgehead atoms. The lowest BCUT2D eigenvalue weighted by Gasteiger charge is -2.39. The molecular weight excluding hydrogens is 272 g/mol. The first kappa shape index (κ1) is 15.1. The number of aliphatic hydroxyl groups is 4. The van der Waals surface area contributed by atoms with Gasteiger partial charge in [0.25, 0.3) is 0 Å². The Morgan fingerprint density at radius 3 is 2.60 bits per heavy atom. The second-order valence-electron chi connectivity index (χ2n) is 4.41. The van der Waals surface area contributed by atoms with Gasteiger partial charge in [0, 0.05) is 0 Å². The standard InChI is InChI=1S/C12H16O8/c13-4-8-9(15)10(16)11(17)12(20-8)19-5-6(14)7-2-1-3-18-7/h1-3,8-13,15-17H,4-5H2/t8-,9-,10+,11-,12-/m1/s1. The fourth-order valence-corrected chi connectivity index (χ4v) is 1.87. The van der Waals surface area contributed by atoms with Gasteiger partial charge < -0.3 is 34.3 Å². The molecule has 4 N–H and O–H groups in total. The second-order valence-corrected chi connectivity index (χ2v) is 4.41. The molecule has 0 unspecified atom stereocenters. The summed E-state index contributed by atoms with van der Waals surface area (Å²) in [5, 5.41) is 37.8. The first-order valence-electron chi connectivity index (χ1n) is 6.03. The maximum Gasteiger partial charge on any atom is 0.223 e. The van der Waals surface area contributed by atoms with Crippen LogP contribution in [0.2, 0.25) is 0 Å². The van der Waals surface area contributed by atoms with Gasteiger partial charge in [-0.1, -0.05) is 0 Å². The quantitative estimate of drug-likeness (QED) is 0.471. The van der Waals surface area contributed by atoms with Crippen molar-refractivity contribution in [2.24, 2.45) is 0 Å². The first-order chi connectivity index (χ1) is 9.54. The molecule has 1 fully saturated rings. The maximum atomic E-state index is 11.6. The number of furan rings is 1. The summed E-state index contributed by atoms with van der Waals surface area (Å²) in [4.78, 5) is 11.6. The molecule has 8 heteroatoms. The number of aliphatic hydroxyl groups excluding tert-OH is 4. The maximum absolute atomic E-state index is 11.6. The highest BCUT2D eigenvalue weighted by Crippen LogP contribution is 2.22. The normalized spacial score (nSPS) is 34.1. The predicted octanol–water partition coefficient (Wildman–Crippen LogP) is -1.72. The van der Waals surface area contributed by atoms with E-state index in [9.17, 15) is 20.1 Å². The van der Waals surface area contributed by atoms with E-state index >= 15 is 0 Å². The van der Waals surface area contributed by atoms with Crippen molar-refractivity contribution in [2.75, 3.05) is 13.2 Å². The van der Waals surface area contributed by atoms with Gasteiger partial charge in [0.2, 0.25) is 5.78 Å². The van der Waals surface area contributed by atoms with Crippen LogP contribution in [0, 0.1) is 0 Å². The van der Waals surface area contributed by atoms with Crippen LogP contribution in [0.5, 0.6) is 0 Å². The van der Waals surface area contributed by atoms with Crippen molar-refractivity contribution >= 4 is 5.78 Å². The van der Waals surface area contributed by atoms with Gasteiger partial charge in [-0.25, -0.2) is 0 Å². The average molecular weight is 288 g/mol. The fourth-order valence-electron chi connectivity index (χ4n) is 1.87. The van der Waals surface area contributed by atoms with Crippen molar-refractivity contribution in [1.29, 1.82) is 0 Å².